The van der Waals surface area contributed by atoms with Gasteiger partial charge in [-0.15, -0.1) is 0 Å². The number of hydrogen-bond acceptors (Lipinski definition) is 3. The van der Waals surface area contributed by atoms with Gasteiger partial charge in [-0.3, -0.25) is 0 Å². The van der Waals surface area contributed by atoms with Crippen molar-refractivity contribution in [2.45, 2.75) is 44.9 Å². The SMILES string of the molecule is CC(C)NC1Cc2cccc(O)c2CC1O. The maximum Gasteiger partial charge on any atom is 0.119 e. The molecular weight excluding hydrogens is 202 g/mol. The summed E-state index contributed by atoms with van der Waals surface area (Å²) in [6.07, 6.45) is 0.901. The Balaban J connectivity index is 2.22. The Morgan fingerprint density at radius 3 is 2.75 bits per heavy atom. The molecule has 2 unspecified atom stereocenters. The predicted molar refractivity (Wildman–Crippen MR) is 63.6 cm³/mol. The molecule has 0 spiro atoms. The maximum atomic E-state index is 10.0. The lowest BCUT2D eigenvalue weighted by Crippen LogP contribution is -2.48. The van der Waals surface area contributed by atoms with Crippen molar-refractivity contribution < 1.29 is 10.2 Å². The number of aliphatic hydroxyl groups is 1. The average molecular weight is 221 g/mol. The Hall–Kier alpha value is -1.06. The zero-order valence-electron chi connectivity index (χ0n) is 9.77. The van der Waals surface area contributed by atoms with Gasteiger partial charge in [0.25, 0.3) is 0 Å². The van der Waals surface area contributed by atoms with E-state index in [2.05, 4.69) is 19.2 Å². The van der Waals surface area contributed by atoms with Crippen LogP contribution >= 0.6 is 0 Å². The van der Waals surface area contributed by atoms with Crippen LogP contribution in [0.5, 0.6) is 5.75 Å². The van der Waals surface area contributed by atoms with Crippen LogP contribution in [0.15, 0.2) is 18.2 Å². The zero-order chi connectivity index (χ0) is 11.7. The summed E-state index contributed by atoms with van der Waals surface area (Å²) >= 11 is 0. The molecular formula is C13H19NO2. The molecule has 0 saturated carbocycles. The van der Waals surface area contributed by atoms with Gasteiger partial charge < -0.3 is 15.5 Å². The number of hydrogen-bond donors (Lipinski definition) is 3. The standard InChI is InChI=1S/C13H19NO2/c1-8(2)14-11-6-9-4-3-5-12(15)10(9)7-13(11)16/h3-5,8,11,13-16H,6-7H2,1-2H3. The fourth-order valence-corrected chi connectivity index (χ4v) is 2.37. The Morgan fingerprint density at radius 1 is 1.31 bits per heavy atom. The van der Waals surface area contributed by atoms with Crippen molar-refractivity contribution in [3.8, 4) is 5.75 Å². The first-order valence-electron chi connectivity index (χ1n) is 5.81. The molecule has 0 aliphatic heterocycles. The van der Waals surface area contributed by atoms with E-state index in [0.29, 0.717) is 18.2 Å². The molecule has 0 radical (unpaired) electrons. The number of aromatic hydroxyl groups is 1. The summed E-state index contributed by atoms with van der Waals surface area (Å²) in [6.45, 7) is 4.15. The molecule has 3 heteroatoms. The van der Waals surface area contributed by atoms with Crippen molar-refractivity contribution in [1.29, 1.82) is 0 Å². The fourth-order valence-electron chi connectivity index (χ4n) is 2.37. The van der Waals surface area contributed by atoms with Crippen molar-refractivity contribution in [1.82, 2.24) is 5.32 Å². The van der Waals surface area contributed by atoms with Gasteiger partial charge in [0.2, 0.25) is 0 Å². The van der Waals surface area contributed by atoms with Crippen LogP contribution in [-0.4, -0.2) is 28.4 Å². The maximum absolute atomic E-state index is 10.0. The summed E-state index contributed by atoms with van der Waals surface area (Å²) in [6, 6.07) is 6.02. The molecule has 0 bridgehead atoms. The van der Waals surface area contributed by atoms with Crippen LogP contribution in [0.25, 0.3) is 0 Å². The number of phenols is 1. The zero-order valence-corrected chi connectivity index (χ0v) is 9.77. The minimum Gasteiger partial charge on any atom is -0.508 e. The normalized spacial score (nSPS) is 24.5. The summed E-state index contributed by atoms with van der Waals surface area (Å²) in [5.41, 5.74) is 2.04. The molecule has 2 atom stereocenters. The number of benzene rings is 1. The first-order valence-corrected chi connectivity index (χ1v) is 5.81. The quantitative estimate of drug-likeness (QED) is 0.704. The van der Waals surface area contributed by atoms with Crippen LogP contribution in [0.4, 0.5) is 0 Å². The second-order valence-corrected chi connectivity index (χ2v) is 4.82. The molecule has 1 aliphatic rings. The molecule has 1 aromatic rings. The highest BCUT2D eigenvalue weighted by Crippen LogP contribution is 2.29. The van der Waals surface area contributed by atoms with E-state index in [-0.39, 0.29) is 6.04 Å². The van der Waals surface area contributed by atoms with E-state index in [1.807, 2.05) is 12.1 Å². The lowest BCUT2D eigenvalue weighted by molar-refractivity contribution is 0.114. The van der Waals surface area contributed by atoms with Gasteiger partial charge in [-0.1, -0.05) is 26.0 Å². The number of fused-ring (bicyclic) bond motifs is 1. The highest BCUT2D eigenvalue weighted by atomic mass is 16.3. The topological polar surface area (TPSA) is 52.5 Å². The van der Waals surface area contributed by atoms with Crippen LogP contribution in [0.3, 0.4) is 0 Å². The van der Waals surface area contributed by atoms with E-state index in [9.17, 15) is 10.2 Å². The third-order valence-corrected chi connectivity index (χ3v) is 3.11. The van der Waals surface area contributed by atoms with Crippen molar-refractivity contribution in [3.05, 3.63) is 29.3 Å². The van der Waals surface area contributed by atoms with Crippen LogP contribution in [-0.2, 0) is 12.8 Å². The van der Waals surface area contributed by atoms with Crippen molar-refractivity contribution in [2.75, 3.05) is 0 Å². The van der Waals surface area contributed by atoms with Crippen molar-refractivity contribution in [2.24, 2.45) is 0 Å². The number of aliphatic hydroxyl groups excluding tert-OH is 1. The van der Waals surface area contributed by atoms with Gasteiger partial charge in [0.15, 0.2) is 0 Å². The van der Waals surface area contributed by atoms with E-state index in [1.54, 1.807) is 6.07 Å². The predicted octanol–water partition coefficient (Wildman–Crippen LogP) is 1.22. The third kappa shape index (κ3) is 2.20. The summed E-state index contributed by atoms with van der Waals surface area (Å²) in [7, 11) is 0. The minimum atomic E-state index is -0.414. The lowest BCUT2D eigenvalue weighted by Gasteiger charge is -2.32. The highest BCUT2D eigenvalue weighted by molar-refractivity contribution is 5.42. The molecule has 1 aliphatic carbocycles. The van der Waals surface area contributed by atoms with Crippen LogP contribution in [0.2, 0.25) is 0 Å². The first kappa shape index (κ1) is 11.4. The molecule has 88 valence electrons. The molecule has 0 saturated heterocycles. The van der Waals surface area contributed by atoms with E-state index in [4.69, 9.17) is 0 Å². The molecule has 16 heavy (non-hydrogen) atoms. The summed E-state index contributed by atoms with van der Waals surface area (Å²) in [5, 5.41) is 23.1. The van der Waals surface area contributed by atoms with Gasteiger partial charge in [-0.05, 0) is 23.6 Å². The largest absolute Gasteiger partial charge is 0.508 e. The highest BCUT2D eigenvalue weighted by Gasteiger charge is 2.28. The van der Waals surface area contributed by atoms with E-state index in [0.717, 1.165) is 17.5 Å². The number of phenolic OH excluding ortho intramolecular Hbond substituents is 1. The number of nitrogens with one attached hydrogen (secondary N) is 1. The smallest absolute Gasteiger partial charge is 0.119 e. The molecule has 3 N–H and O–H groups in total. The van der Waals surface area contributed by atoms with E-state index >= 15 is 0 Å². The Bertz CT molecular complexity index is 376. The van der Waals surface area contributed by atoms with Gasteiger partial charge in [0.1, 0.15) is 5.75 Å². The number of rotatable bonds is 2. The van der Waals surface area contributed by atoms with Gasteiger partial charge >= 0.3 is 0 Å². The second-order valence-electron chi connectivity index (χ2n) is 4.82. The minimum absolute atomic E-state index is 0.0919. The average Bonchev–Trinajstić information content (AvgIpc) is 2.20. The summed E-state index contributed by atoms with van der Waals surface area (Å²) in [4.78, 5) is 0. The van der Waals surface area contributed by atoms with Crippen LogP contribution < -0.4 is 5.32 Å². The van der Waals surface area contributed by atoms with Crippen molar-refractivity contribution in [3.63, 3.8) is 0 Å². The van der Waals surface area contributed by atoms with Crippen LogP contribution in [0, 0.1) is 0 Å². The fraction of sp³-hybridized carbons (Fsp3) is 0.538. The molecule has 2 rings (SSSR count). The van der Waals surface area contributed by atoms with E-state index < -0.39 is 6.10 Å². The monoisotopic (exact) mass is 221 g/mol. The lowest BCUT2D eigenvalue weighted by atomic mass is 9.85. The second kappa shape index (κ2) is 4.44. The van der Waals surface area contributed by atoms with Gasteiger partial charge in [-0.25, -0.2) is 0 Å². The summed E-state index contributed by atoms with van der Waals surface area (Å²) < 4.78 is 0. The molecule has 0 aromatic heterocycles. The Kier molecular flexibility index (Phi) is 3.17. The van der Waals surface area contributed by atoms with Gasteiger partial charge in [-0.2, -0.15) is 0 Å². The molecule has 3 nitrogen and oxygen atoms in total. The van der Waals surface area contributed by atoms with Crippen molar-refractivity contribution >= 4 is 0 Å². The van der Waals surface area contributed by atoms with E-state index in [1.165, 1.54) is 0 Å². The van der Waals surface area contributed by atoms with Gasteiger partial charge in [0.05, 0.1) is 6.10 Å². The van der Waals surface area contributed by atoms with Gasteiger partial charge in [0, 0.05) is 18.5 Å². The summed E-state index contributed by atoms with van der Waals surface area (Å²) in [5.74, 6) is 0.305. The molecule has 0 fully saturated rings. The third-order valence-electron chi connectivity index (χ3n) is 3.11. The molecule has 0 amide bonds. The van der Waals surface area contributed by atoms with Crippen LogP contribution in [0.1, 0.15) is 25.0 Å². The molecule has 0 heterocycles. The Labute approximate surface area is 96.1 Å². The molecule has 1 aromatic carbocycles. The Morgan fingerprint density at radius 2 is 2.06 bits per heavy atom. The first-order chi connectivity index (χ1) is 7.58.